The summed E-state index contributed by atoms with van der Waals surface area (Å²) in [5.74, 6) is 0.117. The number of nitrogens with zero attached hydrogens (tertiary/aromatic N) is 6. The zero-order chi connectivity index (χ0) is 104. The van der Waals surface area contributed by atoms with Crippen LogP contribution in [0.5, 0.6) is 5.75 Å². The average Bonchev–Trinajstić information content (AvgIpc) is 1.56. The van der Waals surface area contributed by atoms with Gasteiger partial charge in [0.15, 0.2) is 28.6 Å². The number of hydrogen-bond donors (Lipinski definition) is 4. The molecule has 142 heavy (non-hydrogen) atoms. The molecule has 24 nitrogen and oxygen atoms in total. The molecule has 0 radical (unpaired) electrons. The van der Waals surface area contributed by atoms with Gasteiger partial charge < -0.3 is 42.2 Å². The van der Waals surface area contributed by atoms with Gasteiger partial charge in [0.1, 0.15) is 43.3 Å². The Morgan fingerprint density at radius 2 is 1.15 bits per heavy atom. The fourth-order valence-electron chi connectivity index (χ4n) is 20.7. The largest absolute Gasteiger partial charge is 0.734 e. The lowest BCUT2D eigenvalue weighted by atomic mass is 9.77. The maximum atomic E-state index is 16.0. The second-order valence-electron chi connectivity index (χ2n) is 41.5. The average molecular weight is 2010 g/mol. The number of nitrogens with one attached hydrogen (secondary N) is 1. The van der Waals surface area contributed by atoms with Crippen LogP contribution in [0.4, 0.5) is 31.4 Å². The van der Waals surface area contributed by atoms with E-state index in [9.17, 15) is 58.1 Å². The highest BCUT2D eigenvalue weighted by Gasteiger charge is 2.59. The molecule has 8 heterocycles. The third kappa shape index (κ3) is 25.7. The maximum Gasteiger partial charge on any atom is 0.734 e. The molecule has 0 spiro atoms. The number of benzene rings is 7. The first-order valence-electron chi connectivity index (χ1n) is 48.2. The Morgan fingerprint density at radius 1 is 0.585 bits per heavy atom. The van der Waals surface area contributed by atoms with E-state index in [1.54, 1.807) is 66.9 Å². The number of allylic oxidation sites excluding steroid dienone is 16. The predicted octanol–water partition coefficient (Wildman–Crippen LogP) is 22.5. The standard InChI is InChI=1S/C45H53N2O.C36H46N2O10S3.C30H32BF2N3O3.O3S/c1-43(2,3)31-34(48)21-11-10-18-30-47-38-29-27-33-20-15-17-23-36(33)42(38)45(6,7)40(47)25-13-9-12-24-39-44(4,5)41-35-22-16-14-19-32(35)26-28-37(41)46(39)8;1-6-21-37-31-18-16-27(50(43,44)45)24-29(31)35(3,4)33(37)14-8-7-9-15-34-36(5,20-11-10-13-26(2)39)30-25-28(51(46,47)48)17-19-32(30)38(34)22-12-23-49(40,41)42;1-30(2,3)19-25(37)18-26(38)20-39-27-13-7-21(8-14-27)6-9-22-10-11-23-17-24-12-15-29(28-5-4-16-34-28)36(24)31(32,33)35(22)23;1-4(2)3/h9,12-17,19-20,22-29H,10-11,18,21,30-31H2,1-8H3;7-9,14-19,24-25H,6,10-13,20-23H2,1-5H3,(H2-,40,41,42,43,44,45,46,47,48);4-14,16-17,29,34H,15,18-20H2,1-3H3;/q+1;;;/p+1/b;;9-6+;. The van der Waals surface area contributed by atoms with Gasteiger partial charge in [0.25, 0.3) is 30.4 Å². The summed E-state index contributed by atoms with van der Waals surface area (Å²) in [4.78, 5) is 56.6. The molecular formula is C111H132BF2N7O17S4+2. The van der Waals surface area contributed by atoms with Gasteiger partial charge in [0.2, 0.25) is 11.4 Å². The second-order valence-corrected chi connectivity index (χ2v) is 46.3. The van der Waals surface area contributed by atoms with Crippen LogP contribution in [0, 0.1) is 10.8 Å². The Morgan fingerprint density at radius 3 is 1.77 bits per heavy atom. The third-order valence-corrected chi connectivity index (χ3v) is 29.5. The number of H-pyrrole nitrogens is 1. The summed E-state index contributed by atoms with van der Waals surface area (Å²) >= 11 is 0. The summed E-state index contributed by atoms with van der Waals surface area (Å²) in [7, 11) is -14.1. The zero-order valence-electron chi connectivity index (χ0n) is 83.9. The van der Waals surface area contributed by atoms with Crippen LogP contribution in [0.1, 0.15) is 233 Å². The molecule has 8 aromatic rings. The van der Waals surface area contributed by atoms with Crippen molar-refractivity contribution < 1.29 is 97.7 Å². The van der Waals surface area contributed by atoms with Gasteiger partial charge in [0, 0.05) is 162 Å². The monoisotopic (exact) mass is 2010 g/mol. The van der Waals surface area contributed by atoms with Crippen molar-refractivity contribution in [3.63, 3.8) is 0 Å². The molecular weight excluding hydrogens is 1880 g/mol. The molecule has 4 N–H and O–H groups in total. The van der Waals surface area contributed by atoms with Crippen LogP contribution in [0.15, 0.2) is 276 Å². The van der Waals surface area contributed by atoms with Crippen molar-refractivity contribution in [2.45, 2.75) is 231 Å². The lowest BCUT2D eigenvalue weighted by Gasteiger charge is -2.41. The molecule has 2 atom stereocenters. The number of halogens is 2. The van der Waals surface area contributed by atoms with Gasteiger partial charge in [-0.3, -0.25) is 28.0 Å². The van der Waals surface area contributed by atoms with Gasteiger partial charge in [-0.05, 0) is 214 Å². The molecule has 7 aliphatic rings. The fraction of sp³-hybridized carbons (Fsp3) is 0.378. The van der Waals surface area contributed by atoms with E-state index < -0.39 is 70.6 Å². The van der Waals surface area contributed by atoms with Gasteiger partial charge in [-0.2, -0.15) is 34.4 Å². The van der Waals surface area contributed by atoms with Crippen LogP contribution in [0.2, 0.25) is 0 Å². The van der Waals surface area contributed by atoms with Crippen molar-refractivity contribution in [3.05, 3.63) is 299 Å². The van der Waals surface area contributed by atoms with Gasteiger partial charge in [-0.1, -0.05) is 184 Å². The molecule has 1 aromatic heterocycles. The molecule has 7 aromatic carbocycles. The molecule has 2 unspecified atom stereocenters. The number of rotatable bonds is 35. The van der Waals surface area contributed by atoms with Crippen molar-refractivity contribution in [2.75, 3.05) is 48.8 Å². The van der Waals surface area contributed by atoms with E-state index in [0.717, 1.165) is 70.6 Å². The van der Waals surface area contributed by atoms with Gasteiger partial charge in [-0.25, -0.2) is 0 Å². The number of hydrogen-bond acceptors (Lipinski definition) is 17. The van der Waals surface area contributed by atoms with Crippen molar-refractivity contribution >= 4 is 139 Å². The molecule has 0 amide bonds. The highest BCUT2D eigenvalue weighted by atomic mass is 32.2. The van der Waals surface area contributed by atoms with Crippen molar-refractivity contribution in [1.29, 1.82) is 0 Å². The number of ether oxygens (including phenoxy) is 1. The van der Waals surface area contributed by atoms with E-state index in [4.69, 9.17) is 17.4 Å². The Kier molecular flexibility index (Phi) is 34.0. The first kappa shape index (κ1) is 109. The molecule has 7 aliphatic heterocycles. The molecule has 31 heteroatoms. The second kappa shape index (κ2) is 44.4. The minimum atomic E-state index is -4.53. The minimum absolute atomic E-state index is 0.0562. The number of aromatic amines is 1. The highest BCUT2D eigenvalue weighted by Crippen LogP contribution is 2.54. The summed E-state index contributed by atoms with van der Waals surface area (Å²) < 4.78 is 169. The number of ketones is 4. The summed E-state index contributed by atoms with van der Waals surface area (Å²) in [6, 6.07) is 45.7. The SMILES string of the molecule is CC(C)(C)CC(=O)CC(=O)COc1ccc(/C=C/C2=[N+]3C(=CC4=CCC(c5ccc[nH]5)N4[B-]3(F)F)C=C2)cc1.CCC[N+]1=C(C=CC=CC=C2N(CCCS(=O)(=O)O)c3ccc(S(=O)(=O)O)cc3C2(C)CCCCC(C)=O)C(C)(C)c2cc(S(=O)(=O)O)ccc21.C[N+]1=C(C=CC=CC=C2N(CCCCCC(=O)CC(C)(C)C)c3ccc4ccccc4c3C2(C)C)C(C)(C)c2c1ccc1ccccc21.O=S(=O)=O. The fourth-order valence-corrected chi connectivity index (χ4v) is 22.2. The normalized spacial score (nSPS) is 18.7. The van der Waals surface area contributed by atoms with Crippen LogP contribution in [-0.4, -0.2) is 161 Å². The Hall–Kier alpha value is -12.1. The third-order valence-electron chi connectivity index (χ3n) is 27.0. The minimum Gasteiger partial charge on any atom is -0.486 e. The molecule has 0 fully saturated rings. The van der Waals surface area contributed by atoms with Crippen LogP contribution >= 0.6 is 0 Å². The van der Waals surface area contributed by atoms with Gasteiger partial charge >= 0.3 is 17.6 Å². The number of aromatic nitrogens is 1. The summed E-state index contributed by atoms with van der Waals surface area (Å²) in [5, 5.41) is 5.25. The van der Waals surface area contributed by atoms with Gasteiger partial charge in [0.05, 0.1) is 32.8 Å². The lowest BCUT2D eigenvalue weighted by Crippen LogP contribution is -2.57. The summed E-state index contributed by atoms with van der Waals surface area (Å²) in [5.41, 5.74) is 13.9. The van der Waals surface area contributed by atoms with E-state index in [1.807, 2.05) is 108 Å². The Bertz CT molecular complexity index is 7140. The van der Waals surface area contributed by atoms with Crippen molar-refractivity contribution in [3.8, 4) is 5.75 Å². The predicted molar refractivity (Wildman–Crippen MR) is 561 cm³/mol. The highest BCUT2D eigenvalue weighted by molar-refractivity contribution is 7.86. The Balaban J connectivity index is 0.000000188. The van der Waals surface area contributed by atoms with Crippen molar-refractivity contribution in [2.24, 2.45) is 10.8 Å². The number of Topliss-reactive ketones (excluding diaryl/α,β-unsaturated/α-hetero) is 4. The van der Waals surface area contributed by atoms with E-state index in [1.165, 1.54) is 91.5 Å². The topological polar surface area (TPSA) is 326 Å². The molecule has 0 saturated heterocycles. The van der Waals surface area contributed by atoms with Crippen LogP contribution < -0.4 is 14.5 Å². The zero-order valence-corrected chi connectivity index (χ0v) is 87.2. The first-order chi connectivity index (χ1) is 66.7. The number of fused-ring (bicyclic) bond motifs is 10. The maximum absolute atomic E-state index is 16.0. The van der Waals surface area contributed by atoms with E-state index >= 15 is 8.63 Å². The van der Waals surface area contributed by atoms with E-state index in [-0.39, 0.29) is 74.8 Å². The quantitative estimate of drug-likeness (QED) is 0.00716. The number of carbonyl (C=O) groups excluding carboxylic acids is 4. The van der Waals surface area contributed by atoms with Crippen LogP contribution in [-0.2, 0) is 81.8 Å². The summed E-state index contributed by atoms with van der Waals surface area (Å²) in [6.45, 7) is 28.8. The van der Waals surface area contributed by atoms with Crippen LogP contribution in [0.25, 0.3) is 27.6 Å². The number of anilines is 2. The first-order valence-corrected chi connectivity index (χ1v) is 53.7. The number of unbranched alkanes of at least 4 members (excludes halogenated alkanes) is 3. The van der Waals surface area contributed by atoms with Crippen LogP contribution in [0.3, 0.4) is 0 Å². The van der Waals surface area contributed by atoms with E-state index in [0.29, 0.717) is 97.8 Å². The van der Waals surface area contributed by atoms with E-state index in [2.05, 4.69) is 178 Å². The molecule has 0 aliphatic carbocycles. The molecule has 752 valence electrons. The number of carbonyl (C=O) groups is 4. The molecule has 0 bridgehead atoms. The summed E-state index contributed by atoms with van der Waals surface area (Å²) in [6.07, 6.45) is 41.1. The van der Waals surface area contributed by atoms with Crippen molar-refractivity contribution in [1.82, 2.24) is 9.79 Å². The van der Waals surface area contributed by atoms with Gasteiger partial charge in [-0.15, -0.1) is 12.6 Å². The molecule has 0 saturated carbocycles. The lowest BCUT2D eigenvalue weighted by molar-refractivity contribution is -0.437. The smallest absolute Gasteiger partial charge is 0.486 e. The Labute approximate surface area is 836 Å². The molecule has 15 rings (SSSR count).